The van der Waals surface area contributed by atoms with Gasteiger partial charge in [-0.3, -0.25) is 9.59 Å². The normalized spacial score (nSPS) is 13.8. The highest BCUT2D eigenvalue weighted by Gasteiger charge is 2.30. The van der Waals surface area contributed by atoms with Gasteiger partial charge < -0.3 is 20.5 Å². The van der Waals surface area contributed by atoms with Crippen molar-refractivity contribution in [2.45, 2.75) is 31.3 Å². The van der Waals surface area contributed by atoms with E-state index in [0.29, 0.717) is 5.02 Å². The second-order valence-electron chi connectivity index (χ2n) is 8.41. The van der Waals surface area contributed by atoms with Gasteiger partial charge in [-0.05, 0) is 46.9 Å². The first-order valence-electron chi connectivity index (χ1n) is 11.2. The van der Waals surface area contributed by atoms with Crippen LogP contribution in [-0.4, -0.2) is 35.7 Å². The summed E-state index contributed by atoms with van der Waals surface area (Å²) in [5, 5.41) is 14.9. The highest BCUT2D eigenvalue weighted by Crippen LogP contribution is 2.44. The average Bonchev–Trinajstić information content (AvgIpc) is 3.15. The minimum atomic E-state index is -1.30. The number of aliphatic carboxylic acids is 1. The third-order valence-electron chi connectivity index (χ3n) is 6.04. The molecule has 0 saturated carbocycles. The Kier molecular flexibility index (Phi) is 7.36. The molecular formula is C27H25ClN2O5. The van der Waals surface area contributed by atoms with Crippen molar-refractivity contribution in [3.05, 3.63) is 94.5 Å². The number of carboxylic acids is 1. The Hall–Kier alpha value is -3.84. The third kappa shape index (κ3) is 5.63. The van der Waals surface area contributed by atoms with E-state index in [9.17, 15) is 19.5 Å². The lowest BCUT2D eigenvalue weighted by atomic mass is 9.98. The van der Waals surface area contributed by atoms with Crippen LogP contribution in [0.15, 0.2) is 72.8 Å². The van der Waals surface area contributed by atoms with Gasteiger partial charge in [0.05, 0.1) is 12.5 Å². The van der Waals surface area contributed by atoms with E-state index in [-0.39, 0.29) is 12.5 Å². The van der Waals surface area contributed by atoms with E-state index in [1.807, 2.05) is 48.5 Å². The van der Waals surface area contributed by atoms with Crippen molar-refractivity contribution in [3.8, 4) is 11.1 Å². The first kappa shape index (κ1) is 24.3. The number of benzene rings is 3. The van der Waals surface area contributed by atoms with E-state index in [2.05, 4.69) is 10.6 Å². The molecule has 1 aliphatic rings. The summed E-state index contributed by atoms with van der Waals surface area (Å²) in [7, 11) is 0. The fraction of sp³-hybridized carbons (Fsp3) is 0.222. The molecule has 0 heterocycles. The Balaban J connectivity index is 1.41. The van der Waals surface area contributed by atoms with Gasteiger partial charge in [-0.2, -0.15) is 0 Å². The molecule has 0 spiro atoms. The van der Waals surface area contributed by atoms with Gasteiger partial charge in [0, 0.05) is 10.9 Å². The van der Waals surface area contributed by atoms with Gasteiger partial charge in [0.25, 0.3) is 0 Å². The number of hydrogen-bond donors (Lipinski definition) is 3. The van der Waals surface area contributed by atoms with Crippen LogP contribution in [0.2, 0.25) is 5.02 Å². The maximum atomic E-state index is 12.8. The fourth-order valence-corrected chi connectivity index (χ4v) is 4.54. The van der Waals surface area contributed by atoms with Crippen LogP contribution in [0.5, 0.6) is 0 Å². The summed E-state index contributed by atoms with van der Waals surface area (Å²) in [5.74, 6) is -2.00. The monoisotopic (exact) mass is 492 g/mol. The summed E-state index contributed by atoms with van der Waals surface area (Å²) >= 11 is 6.01. The highest BCUT2D eigenvalue weighted by atomic mass is 35.5. The molecule has 1 aliphatic carbocycles. The zero-order valence-corrected chi connectivity index (χ0v) is 19.8. The van der Waals surface area contributed by atoms with Crippen LogP contribution < -0.4 is 10.6 Å². The van der Waals surface area contributed by atoms with E-state index in [1.165, 1.54) is 0 Å². The number of alkyl carbamates (subject to hydrolysis) is 1. The van der Waals surface area contributed by atoms with Crippen molar-refractivity contribution < 1.29 is 24.2 Å². The summed E-state index contributed by atoms with van der Waals surface area (Å²) in [6, 6.07) is 21.1. The zero-order chi connectivity index (χ0) is 24.9. The first-order valence-corrected chi connectivity index (χ1v) is 11.6. The van der Waals surface area contributed by atoms with Crippen molar-refractivity contribution in [1.29, 1.82) is 0 Å². The van der Waals surface area contributed by atoms with Gasteiger partial charge in [-0.15, -0.1) is 0 Å². The molecule has 4 rings (SSSR count). The van der Waals surface area contributed by atoms with E-state index in [0.717, 1.165) is 27.8 Å². The molecule has 2 amide bonds. The van der Waals surface area contributed by atoms with E-state index in [4.69, 9.17) is 16.3 Å². The molecule has 180 valence electrons. The standard InChI is InChI=1S/C27H25ClN2O5/c1-16(17-7-6-8-18(28)13-17)29-26(33)24(14-25(31)32)30-27(34)35-15-23-21-11-4-2-9-19(21)20-10-3-5-12-22(20)23/h2-13,16,23-24H,14-15H2,1H3,(H,29,33)(H,30,34)(H,31,32)/t16-,24?/m1/s1. The zero-order valence-electron chi connectivity index (χ0n) is 19.0. The van der Waals surface area contributed by atoms with Gasteiger partial charge >= 0.3 is 12.1 Å². The third-order valence-corrected chi connectivity index (χ3v) is 6.27. The lowest BCUT2D eigenvalue weighted by Gasteiger charge is -2.21. The maximum Gasteiger partial charge on any atom is 0.407 e. The van der Waals surface area contributed by atoms with E-state index < -0.39 is 36.5 Å². The van der Waals surface area contributed by atoms with Gasteiger partial charge in [0.1, 0.15) is 12.6 Å². The predicted molar refractivity (Wildman–Crippen MR) is 132 cm³/mol. The van der Waals surface area contributed by atoms with Crippen LogP contribution >= 0.6 is 11.6 Å². The molecule has 0 aliphatic heterocycles. The van der Waals surface area contributed by atoms with Crippen molar-refractivity contribution >= 4 is 29.6 Å². The van der Waals surface area contributed by atoms with Gasteiger partial charge in [0.15, 0.2) is 0 Å². The van der Waals surface area contributed by atoms with Crippen molar-refractivity contribution in [1.82, 2.24) is 10.6 Å². The molecule has 0 bridgehead atoms. The molecule has 3 aromatic rings. The van der Waals surface area contributed by atoms with Crippen LogP contribution in [0, 0.1) is 0 Å². The molecule has 0 radical (unpaired) electrons. The summed E-state index contributed by atoms with van der Waals surface area (Å²) < 4.78 is 5.47. The first-order chi connectivity index (χ1) is 16.8. The van der Waals surface area contributed by atoms with E-state index in [1.54, 1.807) is 31.2 Å². The number of halogens is 1. The topological polar surface area (TPSA) is 105 Å². The largest absolute Gasteiger partial charge is 0.481 e. The maximum absolute atomic E-state index is 12.8. The number of carboxylic acid groups (broad SMARTS) is 1. The Morgan fingerprint density at radius 3 is 2.17 bits per heavy atom. The van der Waals surface area contributed by atoms with Crippen LogP contribution in [0.4, 0.5) is 4.79 Å². The Morgan fingerprint density at radius 1 is 0.943 bits per heavy atom. The summed E-state index contributed by atoms with van der Waals surface area (Å²) in [6.45, 7) is 1.80. The molecule has 2 atom stereocenters. The number of fused-ring (bicyclic) bond motifs is 3. The minimum absolute atomic E-state index is 0.0557. The molecule has 3 aromatic carbocycles. The molecule has 0 saturated heterocycles. The number of carbonyl (C=O) groups excluding carboxylic acids is 2. The Morgan fingerprint density at radius 2 is 1.57 bits per heavy atom. The summed E-state index contributed by atoms with van der Waals surface area (Å²) in [4.78, 5) is 36.7. The van der Waals surface area contributed by atoms with Crippen molar-refractivity contribution in [3.63, 3.8) is 0 Å². The molecule has 0 fully saturated rings. The number of ether oxygens (including phenoxy) is 1. The number of amides is 2. The molecule has 3 N–H and O–H groups in total. The molecule has 0 aromatic heterocycles. The Bertz CT molecular complexity index is 1220. The molecule has 1 unspecified atom stereocenters. The molecule has 35 heavy (non-hydrogen) atoms. The SMILES string of the molecule is C[C@@H](NC(=O)C(CC(=O)O)NC(=O)OCC1c2ccccc2-c2ccccc21)c1cccc(Cl)c1. The fourth-order valence-electron chi connectivity index (χ4n) is 4.34. The van der Waals surface area contributed by atoms with Crippen LogP contribution in [0.1, 0.15) is 42.0 Å². The highest BCUT2D eigenvalue weighted by molar-refractivity contribution is 6.30. The van der Waals surface area contributed by atoms with Gasteiger partial charge in [0.2, 0.25) is 5.91 Å². The van der Waals surface area contributed by atoms with Crippen LogP contribution in [0.3, 0.4) is 0 Å². The van der Waals surface area contributed by atoms with Gasteiger partial charge in [-0.1, -0.05) is 72.3 Å². The number of carbonyl (C=O) groups is 3. The molecular weight excluding hydrogens is 468 g/mol. The van der Waals surface area contributed by atoms with Gasteiger partial charge in [-0.25, -0.2) is 4.79 Å². The Labute approximate surface area is 208 Å². The minimum Gasteiger partial charge on any atom is -0.481 e. The molecule has 8 heteroatoms. The number of nitrogens with one attached hydrogen (secondary N) is 2. The van der Waals surface area contributed by atoms with Crippen molar-refractivity contribution in [2.75, 3.05) is 6.61 Å². The second-order valence-corrected chi connectivity index (χ2v) is 8.84. The quantitative estimate of drug-likeness (QED) is 0.415. The summed E-state index contributed by atoms with van der Waals surface area (Å²) in [5.41, 5.74) is 5.04. The second kappa shape index (κ2) is 10.6. The predicted octanol–water partition coefficient (Wildman–Crippen LogP) is 4.90. The number of rotatable bonds is 8. The number of hydrogen-bond acceptors (Lipinski definition) is 4. The average molecular weight is 493 g/mol. The lowest BCUT2D eigenvalue weighted by molar-refractivity contribution is -0.140. The lowest BCUT2D eigenvalue weighted by Crippen LogP contribution is -2.48. The van der Waals surface area contributed by atoms with Crippen LogP contribution in [-0.2, 0) is 14.3 Å². The summed E-state index contributed by atoms with van der Waals surface area (Å²) in [6.07, 6.45) is -1.44. The molecule has 7 nitrogen and oxygen atoms in total. The van der Waals surface area contributed by atoms with Crippen LogP contribution in [0.25, 0.3) is 11.1 Å². The van der Waals surface area contributed by atoms with E-state index >= 15 is 0 Å². The van der Waals surface area contributed by atoms with Crippen molar-refractivity contribution in [2.24, 2.45) is 0 Å². The smallest absolute Gasteiger partial charge is 0.407 e.